The maximum absolute atomic E-state index is 11.7. The molecule has 102 valence electrons. The topological polar surface area (TPSA) is 108 Å². The third kappa shape index (κ3) is 2.07. The normalized spacial score (nSPS) is 10.8. The first-order valence-electron chi connectivity index (χ1n) is 6.00. The van der Waals surface area contributed by atoms with E-state index in [1.54, 1.807) is 11.6 Å². The zero-order chi connectivity index (χ0) is 14.1. The molecular formula is C12H12N6O2. The number of aryl methyl sites for hydroxylation is 1. The summed E-state index contributed by atoms with van der Waals surface area (Å²) in [6.45, 7) is 1.93. The Labute approximate surface area is 112 Å². The molecule has 8 heteroatoms. The lowest BCUT2D eigenvalue weighted by Gasteiger charge is -2.08. The average Bonchev–Trinajstić information content (AvgIpc) is 2.81. The highest BCUT2D eigenvalue weighted by atomic mass is 16.2. The van der Waals surface area contributed by atoms with Crippen LogP contribution in [0.5, 0.6) is 0 Å². The third-order valence-electron chi connectivity index (χ3n) is 2.96. The van der Waals surface area contributed by atoms with Crippen molar-refractivity contribution in [2.45, 2.75) is 13.6 Å². The first kappa shape index (κ1) is 12.2. The number of aromatic nitrogens is 5. The maximum Gasteiger partial charge on any atom is 0.326 e. The molecule has 0 unspecified atom stereocenters. The number of aromatic amines is 2. The first-order chi connectivity index (χ1) is 9.65. The molecule has 0 spiro atoms. The van der Waals surface area contributed by atoms with Crippen LogP contribution in [0, 0.1) is 6.92 Å². The van der Waals surface area contributed by atoms with E-state index in [4.69, 9.17) is 0 Å². The summed E-state index contributed by atoms with van der Waals surface area (Å²) >= 11 is 0. The zero-order valence-electron chi connectivity index (χ0n) is 10.7. The Balaban J connectivity index is 1.91. The van der Waals surface area contributed by atoms with Crippen LogP contribution in [0.4, 0.5) is 5.69 Å². The smallest absolute Gasteiger partial charge is 0.326 e. The van der Waals surface area contributed by atoms with E-state index in [9.17, 15) is 9.59 Å². The van der Waals surface area contributed by atoms with E-state index in [1.807, 2.05) is 24.3 Å². The number of rotatable bonds is 3. The van der Waals surface area contributed by atoms with Crippen LogP contribution in [0.3, 0.4) is 0 Å². The van der Waals surface area contributed by atoms with Gasteiger partial charge in [0, 0.05) is 5.69 Å². The molecule has 0 radical (unpaired) electrons. The predicted octanol–water partition coefficient (Wildman–Crippen LogP) is 0.186. The Morgan fingerprint density at radius 1 is 1.25 bits per heavy atom. The molecule has 0 saturated heterocycles. The number of hydrogen-bond donors (Lipinski definition) is 3. The minimum atomic E-state index is -0.524. The molecule has 0 amide bonds. The van der Waals surface area contributed by atoms with Gasteiger partial charge in [-0.1, -0.05) is 17.3 Å². The lowest BCUT2D eigenvalue weighted by Crippen LogP contribution is -2.27. The van der Waals surface area contributed by atoms with Crippen molar-refractivity contribution in [1.29, 1.82) is 0 Å². The van der Waals surface area contributed by atoms with Gasteiger partial charge in [0.1, 0.15) is 17.9 Å². The van der Waals surface area contributed by atoms with Crippen molar-refractivity contribution >= 4 is 16.7 Å². The fourth-order valence-corrected chi connectivity index (χ4v) is 2.00. The van der Waals surface area contributed by atoms with Crippen molar-refractivity contribution in [2.24, 2.45) is 0 Å². The zero-order valence-corrected chi connectivity index (χ0v) is 10.7. The molecule has 0 fully saturated rings. The van der Waals surface area contributed by atoms with Gasteiger partial charge < -0.3 is 10.3 Å². The monoisotopic (exact) mass is 272 g/mol. The summed E-state index contributed by atoms with van der Waals surface area (Å²) in [5, 5.41) is 11.0. The van der Waals surface area contributed by atoms with Crippen molar-refractivity contribution in [2.75, 3.05) is 5.32 Å². The maximum atomic E-state index is 11.7. The number of fused-ring (bicyclic) bond motifs is 1. The number of nitrogens with one attached hydrogen (secondary N) is 3. The van der Waals surface area contributed by atoms with E-state index in [0.29, 0.717) is 11.4 Å². The van der Waals surface area contributed by atoms with Gasteiger partial charge in [0.2, 0.25) is 0 Å². The van der Waals surface area contributed by atoms with Crippen LogP contribution in [0.25, 0.3) is 11.0 Å². The molecule has 0 bridgehead atoms. The molecule has 1 aromatic carbocycles. The van der Waals surface area contributed by atoms with Gasteiger partial charge in [0.05, 0.1) is 5.52 Å². The minimum Gasteiger partial charge on any atom is -0.360 e. The molecule has 3 rings (SSSR count). The highest BCUT2D eigenvalue weighted by Crippen LogP contribution is 2.10. The van der Waals surface area contributed by atoms with E-state index in [1.165, 1.54) is 0 Å². The molecule has 2 aromatic heterocycles. The Kier molecular flexibility index (Phi) is 2.82. The first-order valence-corrected chi connectivity index (χ1v) is 6.00. The van der Waals surface area contributed by atoms with Gasteiger partial charge in [-0.2, -0.15) is 0 Å². The van der Waals surface area contributed by atoms with E-state index >= 15 is 0 Å². The van der Waals surface area contributed by atoms with E-state index in [0.717, 1.165) is 11.0 Å². The predicted molar refractivity (Wildman–Crippen MR) is 73.6 cm³/mol. The summed E-state index contributed by atoms with van der Waals surface area (Å²) < 4.78 is 1.64. The molecule has 2 heterocycles. The van der Waals surface area contributed by atoms with Gasteiger partial charge in [-0.25, -0.2) is 9.48 Å². The largest absolute Gasteiger partial charge is 0.360 e. The summed E-state index contributed by atoms with van der Waals surface area (Å²) in [5.74, 6) is 0. The Bertz CT molecular complexity index is 875. The molecule has 8 nitrogen and oxygen atoms in total. The summed E-state index contributed by atoms with van der Waals surface area (Å²) in [6.07, 6.45) is 0. The number of anilines is 1. The molecule has 0 atom stereocenters. The number of nitrogens with zero attached hydrogens (tertiary/aromatic N) is 3. The van der Waals surface area contributed by atoms with Crippen molar-refractivity contribution in [3.63, 3.8) is 0 Å². The van der Waals surface area contributed by atoms with Crippen molar-refractivity contribution in [3.8, 4) is 0 Å². The molecule has 20 heavy (non-hydrogen) atoms. The number of para-hydroxylation sites is 1. The summed E-state index contributed by atoms with van der Waals surface area (Å²) in [5.41, 5.74) is 1.44. The van der Waals surface area contributed by atoms with Gasteiger partial charge in [-0.3, -0.25) is 9.78 Å². The van der Waals surface area contributed by atoms with Crippen LogP contribution in [-0.4, -0.2) is 25.0 Å². The van der Waals surface area contributed by atoms with Crippen LogP contribution in [0.2, 0.25) is 0 Å². The van der Waals surface area contributed by atoms with Crippen molar-refractivity contribution in [3.05, 3.63) is 50.8 Å². The summed E-state index contributed by atoms with van der Waals surface area (Å²) in [7, 11) is 0. The number of benzene rings is 1. The Hall–Kier alpha value is -2.90. The summed E-state index contributed by atoms with van der Waals surface area (Å²) in [4.78, 5) is 27.5. The number of hydrogen-bond acceptors (Lipinski definition) is 5. The van der Waals surface area contributed by atoms with Gasteiger partial charge in [-0.05, 0) is 19.1 Å². The second-order valence-electron chi connectivity index (χ2n) is 4.32. The van der Waals surface area contributed by atoms with Crippen LogP contribution in [-0.2, 0) is 6.67 Å². The highest BCUT2D eigenvalue weighted by molar-refractivity contribution is 5.73. The lowest BCUT2D eigenvalue weighted by molar-refractivity contribution is 0.653. The summed E-state index contributed by atoms with van der Waals surface area (Å²) in [6, 6.07) is 7.52. The van der Waals surface area contributed by atoms with Crippen LogP contribution in [0.1, 0.15) is 5.69 Å². The van der Waals surface area contributed by atoms with E-state index in [-0.39, 0.29) is 6.67 Å². The molecule has 0 aliphatic carbocycles. The Morgan fingerprint density at radius 2 is 2.05 bits per heavy atom. The molecule has 0 aliphatic heterocycles. The minimum absolute atomic E-state index is 0.274. The fraction of sp³-hybridized carbons (Fsp3) is 0.167. The second kappa shape index (κ2) is 4.65. The third-order valence-corrected chi connectivity index (χ3v) is 2.96. The average molecular weight is 272 g/mol. The molecule has 0 aliphatic rings. The van der Waals surface area contributed by atoms with Crippen LogP contribution in [0.15, 0.2) is 33.9 Å². The van der Waals surface area contributed by atoms with Crippen LogP contribution >= 0.6 is 0 Å². The van der Waals surface area contributed by atoms with E-state index < -0.39 is 11.2 Å². The van der Waals surface area contributed by atoms with Gasteiger partial charge in [0.15, 0.2) is 0 Å². The lowest BCUT2D eigenvalue weighted by atomic mass is 10.3. The van der Waals surface area contributed by atoms with Gasteiger partial charge >= 0.3 is 5.69 Å². The van der Waals surface area contributed by atoms with Gasteiger partial charge in [0.25, 0.3) is 5.56 Å². The Morgan fingerprint density at radius 3 is 2.85 bits per heavy atom. The highest BCUT2D eigenvalue weighted by Gasteiger charge is 2.07. The molecule has 0 saturated carbocycles. The molecule has 3 N–H and O–H groups in total. The molecular weight excluding hydrogens is 260 g/mol. The standard InChI is InChI=1S/C12H12N6O2/c1-7-10(11(19)15-12(20)14-7)13-6-18-9-5-3-2-4-8(9)16-17-18/h2-5,13H,6H2,1H3,(H2,14,15,19,20). The fourth-order valence-electron chi connectivity index (χ4n) is 2.00. The number of H-pyrrole nitrogens is 2. The second-order valence-corrected chi connectivity index (χ2v) is 4.32. The van der Waals surface area contributed by atoms with Gasteiger partial charge in [-0.15, -0.1) is 5.10 Å². The van der Waals surface area contributed by atoms with E-state index in [2.05, 4.69) is 25.6 Å². The van der Waals surface area contributed by atoms with Crippen molar-refractivity contribution in [1.82, 2.24) is 25.0 Å². The SMILES string of the molecule is Cc1[nH]c(=O)[nH]c(=O)c1NCn1nnc2ccccc21. The van der Waals surface area contributed by atoms with Crippen LogP contribution < -0.4 is 16.6 Å². The van der Waals surface area contributed by atoms with Crippen molar-refractivity contribution < 1.29 is 0 Å². The quantitative estimate of drug-likeness (QED) is 0.630. The molecule has 3 aromatic rings.